The molecule has 5 heteroatoms. The molecule has 0 saturated heterocycles. The van der Waals surface area contributed by atoms with Crippen LogP contribution in [0.2, 0.25) is 0 Å². The summed E-state index contributed by atoms with van der Waals surface area (Å²) in [7, 11) is 0. The van der Waals surface area contributed by atoms with Crippen LogP contribution in [0.1, 0.15) is 55.3 Å². The van der Waals surface area contributed by atoms with Gasteiger partial charge < -0.3 is 0 Å². The first kappa shape index (κ1) is 19.4. The first-order valence-electron chi connectivity index (χ1n) is 11.6. The summed E-state index contributed by atoms with van der Waals surface area (Å²) in [5.74, 6) is 2.53. The smallest absolute Gasteiger partial charge is 0.235 e. The Morgan fingerprint density at radius 1 is 1.10 bits per heavy atom. The van der Waals surface area contributed by atoms with Crippen LogP contribution < -0.4 is 4.90 Å². The first-order valence-corrected chi connectivity index (χ1v) is 12.4. The molecule has 4 nitrogen and oxygen atoms in total. The van der Waals surface area contributed by atoms with Gasteiger partial charge in [0.1, 0.15) is 0 Å². The average molecular weight is 432 g/mol. The van der Waals surface area contributed by atoms with Gasteiger partial charge in [-0.05, 0) is 99.5 Å². The zero-order chi connectivity index (χ0) is 21.2. The number of hydrogen-bond acceptors (Lipinski definition) is 4. The van der Waals surface area contributed by atoms with Crippen molar-refractivity contribution in [3.63, 3.8) is 0 Å². The number of fused-ring (bicyclic) bond motifs is 1. The molecule has 1 aromatic carbocycles. The molecule has 2 aromatic heterocycles. The second kappa shape index (κ2) is 7.13. The highest BCUT2D eigenvalue weighted by Crippen LogP contribution is 2.61. The van der Waals surface area contributed by atoms with Gasteiger partial charge in [0.25, 0.3) is 0 Å². The van der Waals surface area contributed by atoms with Gasteiger partial charge >= 0.3 is 0 Å². The van der Waals surface area contributed by atoms with Gasteiger partial charge in [0.2, 0.25) is 5.91 Å². The molecule has 0 N–H and O–H groups in total. The van der Waals surface area contributed by atoms with Crippen LogP contribution in [0, 0.1) is 37.0 Å². The van der Waals surface area contributed by atoms with E-state index in [0.717, 1.165) is 58.1 Å². The van der Waals surface area contributed by atoms with E-state index in [1.807, 2.05) is 29.3 Å². The lowest BCUT2D eigenvalue weighted by atomic mass is 9.49. The predicted molar refractivity (Wildman–Crippen MR) is 125 cm³/mol. The van der Waals surface area contributed by atoms with Crippen molar-refractivity contribution < 1.29 is 4.79 Å². The van der Waals surface area contributed by atoms with Gasteiger partial charge in [-0.1, -0.05) is 23.5 Å². The fourth-order valence-electron chi connectivity index (χ4n) is 7.01. The van der Waals surface area contributed by atoms with Crippen molar-refractivity contribution in [3.05, 3.63) is 53.3 Å². The summed E-state index contributed by atoms with van der Waals surface area (Å²) in [5, 5.41) is 0.829. The zero-order valence-corrected chi connectivity index (χ0v) is 19.1. The lowest BCUT2D eigenvalue weighted by molar-refractivity contribution is -0.143. The summed E-state index contributed by atoms with van der Waals surface area (Å²) in [6.45, 7) is 4.74. The van der Waals surface area contributed by atoms with Crippen molar-refractivity contribution in [3.8, 4) is 0 Å². The molecular weight excluding hydrogens is 402 g/mol. The number of carbonyl (C=O) groups excluding carboxylic acids is 1. The normalized spacial score (nSPS) is 28.9. The Kier molecular flexibility index (Phi) is 4.46. The number of thiazole rings is 1. The minimum Gasteiger partial charge on any atom is -0.282 e. The largest absolute Gasteiger partial charge is 0.282 e. The number of aryl methyl sites for hydroxylation is 2. The van der Waals surface area contributed by atoms with Crippen LogP contribution in [-0.2, 0) is 11.3 Å². The van der Waals surface area contributed by atoms with Gasteiger partial charge in [0.05, 0.1) is 27.9 Å². The number of pyridine rings is 1. The number of rotatable bonds is 4. The Morgan fingerprint density at radius 2 is 1.81 bits per heavy atom. The number of benzene rings is 1. The van der Waals surface area contributed by atoms with Crippen LogP contribution in [0.15, 0.2) is 36.5 Å². The zero-order valence-electron chi connectivity index (χ0n) is 18.3. The molecule has 0 aliphatic heterocycles. The van der Waals surface area contributed by atoms with Gasteiger partial charge in [0, 0.05) is 6.20 Å². The third-order valence-electron chi connectivity index (χ3n) is 7.83. The third kappa shape index (κ3) is 3.29. The number of carbonyl (C=O) groups is 1. The molecule has 160 valence electrons. The van der Waals surface area contributed by atoms with E-state index in [9.17, 15) is 4.79 Å². The Balaban J connectivity index is 1.42. The maximum absolute atomic E-state index is 14.3. The van der Waals surface area contributed by atoms with Crippen molar-refractivity contribution in [2.24, 2.45) is 23.2 Å². The van der Waals surface area contributed by atoms with Crippen molar-refractivity contribution in [2.45, 2.75) is 58.9 Å². The molecule has 7 rings (SSSR count). The van der Waals surface area contributed by atoms with Gasteiger partial charge in [-0.2, -0.15) is 0 Å². The Bertz CT molecular complexity index is 1120. The van der Waals surface area contributed by atoms with Crippen molar-refractivity contribution >= 4 is 32.6 Å². The van der Waals surface area contributed by atoms with Gasteiger partial charge in [-0.3, -0.25) is 14.7 Å². The van der Waals surface area contributed by atoms with Crippen LogP contribution in [0.3, 0.4) is 0 Å². The molecule has 0 radical (unpaired) electrons. The summed E-state index contributed by atoms with van der Waals surface area (Å²) in [5.41, 5.74) is 4.18. The van der Waals surface area contributed by atoms with Crippen molar-refractivity contribution in [2.75, 3.05) is 4.90 Å². The predicted octanol–water partition coefficient (Wildman–Crippen LogP) is 6.06. The highest BCUT2D eigenvalue weighted by atomic mass is 32.1. The van der Waals surface area contributed by atoms with Crippen LogP contribution >= 0.6 is 11.3 Å². The molecule has 4 saturated carbocycles. The summed E-state index contributed by atoms with van der Waals surface area (Å²) < 4.78 is 1.16. The summed E-state index contributed by atoms with van der Waals surface area (Å²) in [4.78, 5) is 25.8. The summed E-state index contributed by atoms with van der Waals surface area (Å²) in [6.07, 6.45) is 9.04. The maximum Gasteiger partial charge on any atom is 0.235 e. The molecule has 0 spiro atoms. The Hall–Kier alpha value is -2.27. The molecule has 1 amide bonds. The van der Waals surface area contributed by atoms with Gasteiger partial charge in [-0.15, -0.1) is 0 Å². The van der Waals surface area contributed by atoms with E-state index >= 15 is 0 Å². The molecule has 0 unspecified atom stereocenters. The van der Waals surface area contributed by atoms with Crippen LogP contribution in [-0.4, -0.2) is 15.9 Å². The van der Waals surface area contributed by atoms with Crippen LogP contribution in [0.5, 0.6) is 0 Å². The van der Waals surface area contributed by atoms with Crippen molar-refractivity contribution in [1.82, 2.24) is 9.97 Å². The fraction of sp³-hybridized carbons (Fsp3) is 0.500. The molecule has 4 fully saturated rings. The van der Waals surface area contributed by atoms with E-state index in [2.05, 4.69) is 31.0 Å². The van der Waals surface area contributed by atoms with E-state index < -0.39 is 0 Å². The van der Waals surface area contributed by atoms with E-state index in [0.29, 0.717) is 12.5 Å². The first-order chi connectivity index (χ1) is 15.0. The monoisotopic (exact) mass is 431 g/mol. The maximum atomic E-state index is 14.3. The summed E-state index contributed by atoms with van der Waals surface area (Å²) in [6, 6.07) is 10.3. The van der Waals surface area contributed by atoms with E-state index in [1.165, 1.54) is 30.4 Å². The number of nitrogens with zero attached hydrogens (tertiary/aromatic N) is 3. The standard InChI is InChI=1S/C26H29N3OS/c1-16-7-17(2)23-22(8-16)31-25(28-23)29(15-21-5-3-4-6-27-21)24(30)26-12-18-9-19(13-26)11-20(10-18)14-26/h3-8,18-20H,9-15H2,1-2H3. The molecular formula is C26H29N3OS. The highest BCUT2D eigenvalue weighted by Gasteiger charge is 2.56. The molecule has 4 aliphatic carbocycles. The Morgan fingerprint density at radius 3 is 2.45 bits per heavy atom. The van der Waals surface area contributed by atoms with Gasteiger partial charge in [-0.25, -0.2) is 4.98 Å². The van der Waals surface area contributed by atoms with Gasteiger partial charge in [0.15, 0.2) is 5.13 Å². The van der Waals surface area contributed by atoms with Crippen LogP contribution in [0.4, 0.5) is 5.13 Å². The van der Waals surface area contributed by atoms with Crippen molar-refractivity contribution in [1.29, 1.82) is 0 Å². The lowest BCUT2D eigenvalue weighted by Crippen LogP contribution is -2.54. The molecule has 4 bridgehead atoms. The number of amides is 1. The highest BCUT2D eigenvalue weighted by molar-refractivity contribution is 7.22. The second-order valence-electron chi connectivity index (χ2n) is 10.3. The third-order valence-corrected chi connectivity index (χ3v) is 8.86. The fourth-order valence-corrected chi connectivity index (χ4v) is 8.15. The lowest BCUT2D eigenvalue weighted by Gasteiger charge is -2.56. The SMILES string of the molecule is Cc1cc(C)c2nc(N(Cc3ccccn3)C(=O)C34CC5CC(CC(C5)C3)C4)sc2c1. The molecule has 4 aliphatic rings. The quantitative estimate of drug-likeness (QED) is 0.504. The number of anilines is 1. The second-order valence-corrected chi connectivity index (χ2v) is 11.3. The van der Waals surface area contributed by atoms with E-state index in [1.54, 1.807) is 11.3 Å². The Labute approximate surface area is 187 Å². The van der Waals surface area contributed by atoms with Crippen LogP contribution in [0.25, 0.3) is 10.2 Å². The number of hydrogen-bond donors (Lipinski definition) is 0. The molecule has 0 atom stereocenters. The molecule has 2 heterocycles. The minimum atomic E-state index is -0.188. The molecule has 3 aromatic rings. The topological polar surface area (TPSA) is 46.1 Å². The number of aromatic nitrogens is 2. The van der Waals surface area contributed by atoms with E-state index in [4.69, 9.17) is 4.98 Å². The molecule has 31 heavy (non-hydrogen) atoms. The summed E-state index contributed by atoms with van der Waals surface area (Å²) >= 11 is 1.65. The van der Waals surface area contributed by atoms with E-state index in [-0.39, 0.29) is 5.41 Å². The average Bonchev–Trinajstić information content (AvgIpc) is 3.15. The minimum absolute atomic E-state index is 0.188.